The summed E-state index contributed by atoms with van der Waals surface area (Å²) in [5.74, 6) is -0.671. The van der Waals surface area contributed by atoms with Crippen LogP contribution in [0.5, 0.6) is 0 Å². The average Bonchev–Trinajstić information content (AvgIpc) is 3.23. The molecule has 1 aromatic rings. The van der Waals surface area contributed by atoms with E-state index in [0.717, 1.165) is 64.5 Å². The molecule has 2 aliphatic rings. The number of hydrogen-bond acceptors (Lipinski definition) is 5. The molecular formula is C19H26Cl2N4O3. The zero-order chi connectivity index (χ0) is 19.9. The van der Waals surface area contributed by atoms with Crippen LogP contribution in [0.1, 0.15) is 23.2 Å². The van der Waals surface area contributed by atoms with Crippen molar-refractivity contribution < 1.29 is 14.3 Å². The molecule has 0 saturated carbocycles. The molecule has 7 nitrogen and oxygen atoms in total. The normalized spacial score (nSPS) is 17.8. The first-order valence-electron chi connectivity index (χ1n) is 9.61. The quantitative estimate of drug-likeness (QED) is 0.650. The number of morpholine rings is 1. The van der Waals surface area contributed by atoms with Crippen molar-refractivity contribution in [2.45, 2.75) is 17.7 Å². The maximum atomic E-state index is 12.9. The minimum Gasteiger partial charge on any atom is -0.379 e. The molecule has 0 bridgehead atoms. The van der Waals surface area contributed by atoms with Gasteiger partial charge in [-0.25, -0.2) is 0 Å². The van der Waals surface area contributed by atoms with Gasteiger partial charge in [-0.2, -0.15) is 0 Å². The van der Waals surface area contributed by atoms with Gasteiger partial charge in [0.2, 0.25) is 0 Å². The van der Waals surface area contributed by atoms with Crippen LogP contribution in [-0.2, 0) is 9.53 Å². The van der Waals surface area contributed by atoms with E-state index in [9.17, 15) is 9.59 Å². The molecule has 0 aromatic heterocycles. The van der Waals surface area contributed by atoms with Crippen LogP contribution in [0.3, 0.4) is 0 Å². The second-order valence-corrected chi connectivity index (χ2v) is 8.02. The zero-order valence-corrected chi connectivity index (χ0v) is 17.3. The fraction of sp³-hybridized carbons (Fsp3) is 0.579. The molecule has 1 aromatic carbocycles. The molecule has 2 heterocycles. The fourth-order valence-electron chi connectivity index (χ4n) is 3.47. The monoisotopic (exact) mass is 428 g/mol. The first-order valence-corrected chi connectivity index (χ1v) is 10.5. The Kier molecular flexibility index (Phi) is 7.79. The summed E-state index contributed by atoms with van der Waals surface area (Å²) >= 11 is 11.2. The highest BCUT2D eigenvalue weighted by atomic mass is 35.5. The lowest BCUT2D eigenvalue weighted by molar-refractivity contribution is -0.114. The third-order valence-corrected chi connectivity index (χ3v) is 5.37. The molecule has 2 saturated heterocycles. The molecule has 28 heavy (non-hydrogen) atoms. The van der Waals surface area contributed by atoms with E-state index in [0.29, 0.717) is 17.8 Å². The summed E-state index contributed by atoms with van der Waals surface area (Å²) in [5.41, 5.74) is 1.92. The summed E-state index contributed by atoms with van der Waals surface area (Å²) in [6.07, 6.45) is 2.22. The van der Waals surface area contributed by atoms with Gasteiger partial charge in [0.15, 0.2) is 4.84 Å². The van der Waals surface area contributed by atoms with E-state index < -0.39 is 10.7 Å². The summed E-state index contributed by atoms with van der Waals surface area (Å²) in [4.78, 5) is 28.0. The van der Waals surface area contributed by atoms with Crippen LogP contribution in [0.4, 0.5) is 11.4 Å². The van der Waals surface area contributed by atoms with E-state index in [2.05, 4.69) is 20.4 Å². The molecule has 9 heteroatoms. The van der Waals surface area contributed by atoms with Gasteiger partial charge in [-0.05, 0) is 31.0 Å². The van der Waals surface area contributed by atoms with Crippen LogP contribution in [0, 0.1) is 0 Å². The molecule has 0 radical (unpaired) electrons. The predicted molar refractivity (Wildman–Crippen MR) is 112 cm³/mol. The third kappa shape index (κ3) is 5.73. The number of carbonyl (C=O) groups excluding carboxylic acids is 2. The van der Waals surface area contributed by atoms with Crippen LogP contribution < -0.4 is 15.5 Å². The van der Waals surface area contributed by atoms with Crippen LogP contribution in [-0.4, -0.2) is 74.0 Å². The number of hydrogen-bond donors (Lipinski definition) is 2. The summed E-state index contributed by atoms with van der Waals surface area (Å²) in [6.45, 7) is 6.41. The largest absolute Gasteiger partial charge is 0.379 e. The Morgan fingerprint density at radius 1 is 1.11 bits per heavy atom. The summed E-state index contributed by atoms with van der Waals surface area (Å²) in [5, 5.41) is 5.64. The van der Waals surface area contributed by atoms with Gasteiger partial charge in [0.25, 0.3) is 11.8 Å². The van der Waals surface area contributed by atoms with Crippen molar-refractivity contribution in [3.05, 3.63) is 23.8 Å². The second kappa shape index (κ2) is 10.3. The highest BCUT2D eigenvalue weighted by Crippen LogP contribution is 2.28. The topological polar surface area (TPSA) is 73.9 Å². The number of carbonyl (C=O) groups is 2. The van der Waals surface area contributed by atoms with Crippen molar-refractivity contribution in [2.75, 3.05) is 62.7 Å². The number of alkyl halides is 2. The van der Waals surface area contributed by atoms with Crippen molar-refractivity contribution >= 4 is 46.4 Å². The lowest BCUT2D eigenvalue weighted by Crippen LogP contribution is -2.41. The first kappa shape index (κ1) is 21.2. The van der Waals surface area contributed by atoms with Crippen molar-refractivity contribution in [3.8, 4) is 0 Å². The number of rotatable bonds is 7. The van der Waals surface area contributed by atoms with Crippen LogP contribution in [0.2, 0.25) is 0 Å². The van der Waals surface area contributed by atoms with Gasteiger partial charge in [0.1, 0.15) is 0 Å². The highest BCUT2D eigenvalue weighted by Gasteiger charge is 2.21. The zero-order valence-electron chi connectivity index (χ0n) is 15.8. The van der Waals surface area contributed by atoms with Crippen LogP contribution in [0.15, 0.2) is 18.2 Å². The molecule has 0 atom stereocenters. The minimum atomic E-state index is -1.16. The summed E-state index contributed by atoms with van der Waals surface area (Å²) in [6, 6.07) is 5.33. The van der Waals surface area contributed by atoms with E-state index in [1.165, 1.54) is 0 Å². The van der Waals surface area contributed by atoms with E-state index in [-0.39, 0.29) is 5.91 Å². The lowest BCUT2D eigenvalue weighted by atomic mass is 10.1. The Balaban J connectivity index is 1.69. The standard InChI is InChI=1S/C19H26Cl2N4O3/c20-17(21)19(27)23-14-3-4-16(25-6-1-2-7-25)15(13-14)18(26)22-5-8-24-9-11-28-12-10-24/h3-4,13,17H,1-2,5-12H2,(H,22,26)(H,23,27). The average molecular weight is 429 g/mol. The van der Waals surface area contributed by atoms with Gasteiger partial charge < -0.3 is 20.3 Å². The van der Waals surface area contributed by atoms with Gasteiger partial charge in [-0.1, -0.05) is 23.2 Å². The predicted octanol–water partition coefficient (Wildman–Crippen LogP) is 2.09. The van der Waals surface area contributed by atoms with Gasteiger partial charge in [0.05, 0.1) is 18.8 Å². The molecule has 154 valence electrons. The Hall–Kier alpha value is -1.54. The Labute approximate surface area is 175 Å². The number of nitrogens with zero attached hydrogens (tertiary/aromatic N) is 2. The molecule has 2 amide bonds. The van der Waals surface area contributed by atoms with Gasteiger partial charge in [-0.3, -0.25) is 14.5 Å². The Bertz CT molecular complexity index is 690. The molecular weight excluding hydrogens is 403 g/mol. The molecule has 0 spiro atoms. The lowest BCUT2D eigenvalue weighted by Gasteiger charge is -2.26. The van der Waals surface area contributed by atoms with Crippen LogP contribution in [0.25, 0.3) is 0 Å². The minimum absolute atomic E-state index is 0.153. The highest BCUT2D eigenvalue weighted by molar-refractivity contribution is 6.54. The molecule has 2 N–H and O–H groups in total. The number of ether oxygens (including phenoxy) is 1. The van der Waals surface area contributed by atoms with Gasteiger partial charge in [-0.15, -0.1) is 0 Å². The van der Waals surface area contributed by atoms with E-state index in [1.807, 2.05) is 6.07 Å². The SMILES string of the molecule is O=C(NCCN1CCOCC1)c1cc(NC(=O)C(Cl)Cl)ccc1N1CCCC1. The molecule has 2 fully saturated rings. The maximum Gasteiger partial charge on any atom is 0.257 e. The van der Waals surface area contributed by atoms with E-state index in [1.54, 1.807) is 12.1 Å². The van der Waals surface area contributed by atoms with Gasteiger partial charge >= 0.3 is 0 Å². The van der Waals surface area contributed by atoms with Crippen molar-refractivity contribution in [1.29, 1.82) is 0 Å². The molecule has 0 aliphatic carbocycles. The van der Waals surface area contributed by atoms with E-state index >= 15 is 0 Å². The number of amides is 2. The number of halogens is 2. The Morgan fingerprint density at radius 2 is 1.82 bits per heavy atom. The molecule has 3 rings (SSSR count). The Morgan fingerprint density at radius 3 is 2.50 bits per heavy atom. The smallest absolute Gasteiger partial charge is 0.257 e. The van der Waals surface area contributed by atoms with Crippen molar-refractivity contribution in [1.82, 2.24) is 10.2 Å². The summed E-state index contributed by atoms with van der Waals surface area (Å²) < 4.78 is 5.34. The molecule has 2 aliphatic heterocycles. The second-order valence-electron chi connectivity index (χ2n) is 6.93. The summed E-state index contributed by atoms with van der Waals surface area (Å²) in [7, 11) is 0. The van der Waals surface area contributed by atoms with E-state index in [4.69, 9.17) is 27.9 Å². The van der Waals surface area contributed by atoms with Crippen LogP contribution >= 0.6 is 23.2 Å². The van der Waals surface area contributed by atoms with Crippen molar-refractivity contribution in [3.63, 3.8) is 0 Å². The number of benzene rings is 1. The van der Waals surface area contributed by atoms with Gasteiger partial charge in [0, 0.05) is 50.6 Å². The molecule has 0 unspecified atom stereocenters. The fourth-order valence-corrected chi connectivity index (χ4v) is 3.58. The first-order chi connectivity index (χ1) is 13.5. The number of anilines is 2. The number of nitrogens with one attached hydrogen (secondary N) is 2. The maximum absolute atomic E-state index is 12.9. The van der Waals surface area contributed by atoms with Crippen molar-refractivity contribution in [2.24, 2.45) is 0 Å². The third-order valence-electron chi connectivity index (χ3n) is 4.97.